The molecule has 0 radical (unpaired) electrons. The van der Waals surface area contributed by atoms with Crippen molar-refractivity contribution in [3.63, 3.8) is 0 Å². The van der Waals surface area contributed by atoms with E-state index in [9.17, 15) is 17.2 Å². The molecule has 1 aliphatic carbocycles. The number of aryl methyl sites for hydroxylation is 2. The number of nitrogens with one attached hydrogen (secondary N) is 1. The van der Waals surface area contributed by atoms with Gasteiger partial charge in [-0.3, -0.25) is 0 Å². The first-order valence-electron chi connectivity index (χ1n) is 8.39. The Bertz CT molecular complexity index is 957. The summed E-state index contributed by atoms with van der Waals surface area (Å²) in [6.45, 7) is 0.542. The fourth-order valence-electron chi connectivity index (χ4n) is 2.87. The van der Waals surface area contributed by atoms with Gasteiger partial charge in [0.05, 0.1) is 10.9 Å². The molecular formula is C17H19F2N3O4S. The lowest BCUT2D eigenvalue weighted by Gasteiger charge is -2.20. The van der Waals surface area contributed by atoms with E-state index < -0.39 is 22.7 Å². The van der Waals surface area contributed by atoms with E-state index in [4.69, 9.17) is 4.52 Å². The summed E-state index contributed by atoms with van der Waals surface area (Å²) in [4.78, 5) is 4.30. The average Bonchev–Trinajstić information content (AvgIpc) is 3.05. The van der Waals surface area contributed by atoms with Crippen LogP contribution in [0.5, 0.6) is 5.75 Å². The molecule has 1 heterocycles. The van der Waals surface area contributed by atoms with Crippen LogP contribution in [0.4, 0.5) is 8.78 Å². The summed E-state index contributed by atoms with van der Waals surface area (Å²) in [5, 5.41) is 3.78. The molecule has 10 heteroatoms. The molecule has 146 valence electrons. The van der Waals surface area contributed by atoms with Crippen LogP contribution in [0.15, 0.2) is 27.6 Å². The van der Waals surface area contributed by atoms with Gasteiger partial charge in [-0.1, -0.05) is 18.1 Å². The number of halogens is 2. The quantitative estimate of drug-likeness (QED) is 0.767. The fourth-order valence-corrected chi connectivity index (χ4v) is 4.32. The van der Waals surface area contributed by atoms with E-state index in [-0.39, 0.29) is 22.9 Å². The molecule has 2 aromatic rings. The Hall–Kier alpha value is -2.33. The number of allylic oxidation sites excluding steroid dienone is 1. The smallest absolute Gasteiger partial charge is 0.387 e. The molecular weight excluding hydrogens is 380 g/mol. The van der Waals surface area contributed by atoms with Crippen LogP contribution in [0, 0.1) is 6.92 Å². The molecule has 0 spiro atoms. The Morgan fingerprint density at radius 3 is 2.74 bits per heavy atom. The number of ether oxygens (including phenoxy) is 1. The van der Waals surface area contributed by atoms with E-state index in [0.29, 0.717) is 24.3 Å². The van der Waals surface area contributed by atoms with Crippen LogP contribution in [0.3, 0.4) is 0 Å². The molecule has 1 atom stereocenters. The van der Waals surface area contributed by atoms with Crippen molar-refractivity contribution in [2.75, 3.05) is 0 Å². The predicted molar refractivity (Wildman–Crippen MR) is 93.5 cm³/mol. The normalized spacial score (nSPS) is 15.4. The van der Waals surface area contributed by atoms with Crippen molar-refractivity contribution in [3.8, 4) is 5.75 Å². The maximum Gasteiger partial charge on any atom is 0.387 e. The van der Waals surface area contributed by atoms with Crippen LogP contribution < -0.4 is 9.46 Å². The Kier molecular flexibility index (Phi) is 5.56. The lowest BCUT2D eigenvalue weighted by atomic mass is 9.97. The number of benzene rings is 1. The highest BCUT2D eigenvalue weighted by Gasteiger charge is 2.27. The third-order valence-electron chi connectivity index (χ3n) is 4.20. The number of nitrogens with zero attached hydrogens (tertiary/aromatic N) is 2. The molecule has 0 fully saturated rings. The van der Waals surface area contributed by atoms with Gasteiger partial charge in [0, 0.05) is 6.92 Å². The van der Waals surface area contributed by atoms with Crippen LogP contribution in [0.25, 0.3) is 6.08 Å². The van der Waals surface area contributed by atoms with Gasteiger partial charge in [0.25, 0.3) is 0 Å². The predicted octanol–water partition coefficient (Wildman–Crippen LogP) is 3.34. The molecule has 0 unspecified atom stereocenters. The highest BCUT2D eigenvalue weighted by molar-refractivity contribution is 7.93. The molecule has 1 aromatic heterocycles. The summed E-state index contributed by atoms with van der Waals surface area (Å²) in [6, 6.07) is 3.87. The van der Waals surface area contributed by atoms with Crippen LogP contribution in [0.1, 0.15) is 48.6 Å². The maximum atomic E-state index is 12.8. The SMILES string of the molecule is CC[C@H](NS(=O)(=O)C1=Cc2ccc(OC(F)F)cc2CC1)c1noc(C)n1. The molecule has 0 aliphatic heterocycles. The van der Waals surface area contributed by atoms with Gasteiger partial charge >= 0.3 is 6.61 Å². The number of fused-ring (bicyclic) bond motifs is 1. The monoisotopic (exact) mass is 399 g/mol. The van der Waals surface area contributed by atoms with Crippen molar-refractivity contribution in [1.29, 1.82) is 0 Å². The average molecular weight is 399 g/mol. The van der Waals surface area contributed by atoms with Crippen molar-refractivity contribution in [2.24, 2.45) is 0 Å². The minimum atomic E-state index is -3.77. The van der Waals surface area contributed by atoms with Crippen molar-refractivity contribution in [3.05, 3.63) is 45.9 Å². The van der Waals surface area contributed by atoms with E-state index in [1.807, 2.05) is 6.92 Å². The van der Waals surface area contributed by atoms with Gasteiger partial charge < -0.3 is 9.26 Å². The summed E-state index contributed by atoms with van der Waals surface area (Å²) < 4.78 is 62.1. The van der Waals surface area contributed by atoms with Crippen molar-refractivity contribution >= 4 is 16.1 Å². The van der Waals surface area contributed by atoms with Gasteiger partial charge in [0.1, 0.15) is 5.75 Å². The van der Waals surface area contributed by atoms with Gasteiger partial charge in [-0.2, -0.15) is 13.8 Å². The van der Waals surface area contributed by atoms with Crippen molar-refractivity contribution < 1.29 is 26.5 Å². The van der Waals surface area contributed by atoms with Crippen molar-refractivity contribution in [2.45, 2.75) is 45.8 Å². The van der Waals surface area contributed by atoms with Gasteiger partial charge in [-0.15, -0.1) is 0 Å². The molecule has 1 aromatic carbocycles. The number of hydrogen-bond acceptors (Lipinski definition) is 6. The molecule has 0 amide bonds. The zero-order valence-corrected chi connectivity index (χ0v) is 15.6. The van der Waals surface area contributed by atoms with E-state index in [1.165, 1.54) is 12.1 Å². The van der Waals surface area contributed by atoms with Crippen LogP contribution in [0.2, 0.25) is 0 Å². The number of aromatic nitrogens is 2. The maximum absolute atomic E-state index is 12.8. The Morgan fingerprint density at radius 1 is 1.33 bits per heavy atom. The summed E-state index contributed by atoms with van der Waals surface area (Å²) in [6.07, 6.45) is 2.65. The Balaban J connectivity index is 1.82. The summed E-state index contributed by atoms with van der Waals surface area (Å²) in [5.74, 6) is 0.694. The van der Waals surface area contributed by atoms with Crippen LogP contribution in [-0.4, -0.2) is 25.2 Å². The Morgan fingerprint density at radius 2 is 2.11 bits per heavy atom. The first kappa shape index (κ1) is 19.4. The fraction of sp³-hybridized carbons (Fsp3) is 0.412. The lowest BCUT2D eigenvalue weighted by Crippen LogP contribution is -2.30. The number of alkyl halides is 2. The lowest BCUT2D eigenvalue weighted by molar-refractivity contribution is -0.0498. The van der Waals surface area contributed by atoms with Gasteiger partial charge in [-0.25, -0.2) is 13.1 Å². The topological polar surface area (TPSA) is 94.3 Å². The second-order valence-corrected chi connectivity index (χ2v) is 7.87. The summed E-state index contributed by atoms with van der Waals surface area (Å²) in [7, 11) is -3.77. The zero-order valence-electron chi connectivity index (χ0n) is 14.8. The first-order chi connectivity index (χ1) is 12.8. The minimum absolute atomic E-state index is 0.0557. The van der Waals surface area contributed by atoms with E-state index in [1.54, 1.807) is 19.1 Å². The van der Waals surface area contributed by atoms with Gasteiger partial charge in [-0.05, 0) is 48.6 Å². The minimum Gasteiger partial charge on any atom is -0.435 e. The third-order valence-corrected chi connectivity index (χ3v) is 5.81. The number of rotatable bonds is 7. The molecule has 7 nitrogen and oxygen atoms in total. The van der Waals surface area contributed by atoms with Crippen LogP contribution in [-0.2, 0) is 16.4 Å². The molecule has 0 saturated heterocycles. The van der Waals surface area contributed by atoms with E-state index in [0.717, 1.165) is 5.56 Å². The molecule has 1 aliphatic rings. The standard InChI is InChI=1S/C17H19F2N3O4S/c1-3-15(16-20-10(2)26-21-16)22-27(23,24)14-7-5-11-8-13(25-17(18)19)6-4-12(11)9-14/h4,6,8-9,15,17,22H,3,5,7H2,1-2H3/t15-/m0/s1. The van der Waals surface area contributed by atoms with E-state index in [2.05, 4.69) is 19.6 Å². The second kappa shape index (κ2) is 7.73. The molecule has 1 N–H and O–H groups in total. The number of sulfonamides is 1. The summed E-state index contributed by atoms with van der Waals surface area (Å²) in [5.41, 5.74) is 1.42. The van der Waals surface area contributed by atoms with Gasteiger partial charge in [0.15, 0.2) is 5.82 Å². The number of hydrogen-bond donors (Lipinski definition) is 1. The highest BCUT2D eigenvalue weighted by atomic mass is 32.2. The Labute approximate surface area is 155 Å². The second-order valence-electron chi connectivity index (χ2n) is 6.10. The summed E-state index contributed by atoms with van der Waals surface area (Å²) >= 11 is 0. The van der Waals surface area contributed by atoms with Crippen molar-refractivity contribution in [1.82, 2.24) is 14.9 Å². The van der Waals surface area contributed by atoms with Crippen LogP contribution >= 0.6 is 0 Å². The highest BCUT2D eigenvalue weighted by Crippen LogP contribution is 2.31. The first-order valence-corrected chi connectivity index (χ1v) is 9.87. The molecule has 0 bridgehead atoms. The molecule has 0 saturated carbocycles. The third kappa shape index (κ3) is 4.51. The molecule has 27 heavy (non-hydrogen) atoms. The van der Waals surface area contributed by atoms with Gasteiger partial charge in [0.2, 0.25) is 15.9 Å². The zero-order chi connectivity index (χ0) is 19.6. The van der Waals surface area contributed by atoms with E-state index >= 15 is 0 Å². The molecule has 3 rings (SSSR count). The largest absolute Gasteiger partial charge is 0.435 e.